The van der Waals surface area contributed by atoms with Gasteiger partial charge >= 0.3 is 0 Å². The van der Waals surface area contributed by atoms with E-state index >= 15 is 0 Å². The molecule has 0 aliphatic carbocycles. The molecule has 0 nitrogen and oxygen atoms in total. The van der Waals surface area contributed by atoms with Crippen LogP contribution in [0.3, 0.4) is 0 Å². The van der Waals surface area contributed by atoms with Gasteiger partial charge < -0.3 is 0 Å². The van der Waals surface area contributed by atoms with Crippen molar-refractivity contribution in [2.75, 3.05) is 18.3 Å². The van der Waals surface area contributed by atoms with E-state index in [0.29, 0.717) is 0 Å². The van der Waals surface area contributed by atoms with Gasteiger partial charge in [-0.15, -0.1) is 0 Å². The van der Waals surface area contributed by atoms with Crippen LogP contribution >= 0.6 is 10.0 Å². The predicted molar refractivity (Wildman–Crippen MR) is 240 cm³/mol. The molecule has 0 unspecified atom stereocenters. The van der Waals surface area contributed by atoms with Crippen molar-refractivity contribution in [2.24, 2.45) is 0 Å². The van der Waals surface area contributed by atoms with E-state index in [4.69, 9.17) is 0 Å². The lowest BCUT2D eigenvalue weighted by Gasteiger charge is -2.31. The van der Waals surface area contributed by atoms with Crippen LogP contribution < -0.4 is 0 Å². The Morgan fingerprint density at radius 3 is 1.43 bits per heavy atom. The molecule has 0 radical (unpaired) electrons. The van der Waals surface area contributed by atoms with Crippen molar-refractivity contribution in [3.05, 3.63) is 175 Å². The van der Waals surface area contributed by atoms with Crippen LogP contribution in [0.2, 0.25) is 0 Å². The number of rotatable bonds is 8. The molecule has 0 saturated carbocycles. The number of benzene rings is 9. The van der Waals surface area contributed by atoms with Gasteiger partial charge in [0.15, 0.2) is 0 Å². The largest absolute Gasteiger partial charge is 0.221 e. The number of hydrogen-bond donors (Lipinski definition) is 0. The molecule has 54 heavy (non-hydrogen) atoms. The average molecular weight is 715 g/mol. The summed E-state index contributed by atoms with van der Waals surface area (Å²) in [4.78, 5) is 1.46. The van der Waals surface area contributed by atoms with Crippen molar-refractivity contribution in [3.63, 3.8) is 0 Å². The molecule has 0 saturated heterocycles. The third kappa shape index (κ3) is 5.98. The standard InChI is InChI=1S/C53H46S/c1-5-15-36-28-30-48-50(32-36)52(41-22-11-20-39(33-41)46-26-13-18-37-16-7-9-24-44(37)46)49-31-29-43(54(3,4)6-2)35-51(49)53(48)42-23-12-21-40(34-42)47-27-14-19-38-17-8-10-25-45(38)47/h7-14,16-35H,5-6,15H2,1-4H3. The number of hydrogen-bond acceptors (Lipinski definition) is 0. The zero-order valence-corrected chi connectivity index (χ0v) is 32.5. The maximum Gasteiger partial charge on any atom is -0.00258 e. The van der Waals surface area contributed by atoms with Gasteiger partial charge in [0.05, 0.1) is 0 Å². The topological polar surface area (TPSA) is 0 Å². The van der Waals surface area contributed by atoms with Gasteiger partial charge in [0.25, 0.3) is 0 Å². The molecule has 9 aromatic carbocycles. The van der Waals surface area contributed by atoms with E-state index in [0.717, 1.165) is 18.6 Å². The van der Waals surface area contributed by atoms with Crippen LogP contribution in [0.15, 0.2) is 175 Å². The minimum Gasteiger partial charge on any atom is -0.221 e. The molecule has 0 atom stereocenters. The Hall–Kier alpha value is -5.63. The Balaban J connectivity index is 1.36. The molecular weight excluding hydrogens is 669 g/mol. The molecule has 1 heteroatoms. The fourth-order valence-corrected chi connectivity index (χ4v) is 9.68. The smallest absolute Gasteiger partial charge is 0.00258 e. The third-order valence-electron chi connectivity index (χ3n) is 11.6. The number of aryl methyl sites for hydroxylation is 1. The molecule has 9 aromatic rings. The summed E-state index contributed by atoms with van der Waals surface area (Å²) in [7, 11) is -0.972. The van der Waals surface area contributed by atoms with E-state index in [2.05, 4.69) is 196 Å². The fraction of sp³-hybridized carbons (Fsp3) is 0.132. The minimum absolute atomic E-state index is 0.972. The van der Waals surface area contributed by atoms with Crippen molar-refractivity contribution in [3.8, 4) is 44.5 Å². The van der Waals surface area contributed by atoms with Gasteiger partial charge in [-0.25, -0.2) is 10.0 Å². The lowest BCUT2D eigenvalue weighted by molar-refractivity contribution is 0.924. The van der Waals surface area contributed by atoms with Crippen molar-refractivity contribution in [1.82, 2.24) is 0 Å². The first-order chi connectivity index (χ1) is 26.4. The highest BCUT2D eigenvalue weighted by Crippen LogP contribution is 2.52. The molecule has 0 bridgehead atoms. The highest BCUT2D eigenvalue weighted by molar-refractivity contribution is 8.32. The third-order valence-corrected chi connectivity index (χ3v) is 14.5. The summed E-state index contributed by atoms with van der Waals surface area (Å²) in [5.41, 5.74) is 11.6. The molecule has 264 valence electrons. The lowest BCUT2D eigenvalue weighted by Crippen LogP contribution is -2.00. The Labute approximate surface area is 321 Å². The van der Waals surface area contributed by atoms with Crippen molar-refractivity contribution < 1.29 is 0 Å². The van der Waals surface area contributed by atoms with E-state index in [1.807, 2.05) is 0 Å². The summed E-state index contributed by atoms with van der Waals surface area (Å²) in [6.07, 6.45) is 7.09. The van der Waals surface area contributed by atoms with Crippen molar-refractivity contribution in [1.29, 1.82) is 0 Å². The average Bonchev–Trinajstić information content (AvgIpc) is 3.22. The van der Waals surface area contributed by atoms with Crippen molar-refractivity contribution in [2.45, 2.75) is 31.6 Å². The van der Waals surface area contributed by atoms with Crippen LogP contribution in [-0.4, -0.2) is 18.3 Å². The highest BCUT2D eigenvalue weighted by Gasteiger charge is 2.21. The minimum atomic E-state index is -0.972. The first-order valence-corrected chi connectivity index (χ1v) is 22.0. The molecular formula is C53H46S. The Morgan fingerprint density at radius 1 is 0.389 bits per heavy atom. The van der Waals surface area contributed by atoms with Gasteiger partial charge in [0, 0.05) is 0 Å². The maximum atomic E-state index is 2.55. The molecule has 0 N–H and O–H groups in total. The SMILES string of the molecule is CCCc1ccc2c(-c3cccc(-c4cccc5ccccc45)c3)c3cc(S(C)(C)CC)ccc3c(-c3cccc(-c4cccc5ccccc45)c3)c2c1. The Bertz CT molecular complexity index is 2850. The molecule has 0 aromatic heterocycles. The van der Waals surface area contributed by atoms with Crippen molar-refractivity contribution >= 4 is 53.1 Å². The van der Waals surface area contributed by atoms with Crippen LogP contribution in [0, 0.1) is 0 Å². The Morgan fingerprint density at radius 2 is 0.870 bits per heavy atom. The second kappa shape index (κ2) is 14.0. The first kappa shape index (κ1) is 34.2. The van der Waals surface area contributed by atoms with Crippen LogP contribution in [0.5, 0.6) is 0 Å². The van der Waals surface area contributed by atoms with E-state index in [9.17, 15) is 0 Å². The summed E-state index contributed by atoms with van der Waals surface area (Å²) in [6.45, 7) is 4.62. The van der Waals surface area contributed by atoms with E-state index < -0.39 is 10.0 Å². The van der Waals surface area contributed by atoms with Gasteiger partial charge in [0.2, 0.25) is 0 Å². The molecule has 0 fully saturated rings. The summed E-state index contributed by atoms with van der Waals surface area (Å²) in [6, 6.07) is 64.1. The first-order valence-electron chi connectivity index (χ1n) is 19.3. The molecule has 0 amide bonds. The summed E-state index contributed by atoms with van der Waals surface area (Å²) < 4.78 is 0. The van der Waals surface area contributed by atoms with E-state index in [1.54, 1.807) is 0 Å². The molecule has 0 heterocycles. The van der Waals surface area contributed by atoms with Gasteiger partial charge in [-0.1, -0.05) is 166 Å². The molecule has 0 aliphatic rings. The fourth-order valence-electron chi connectivity index (χ4n) is 8.47. The lowest BCUT2D eigenvalue weighted by atomic mass is 9.84. The normalized spacial score (nSPS) is 12.2. The Kier molecular flexibility index (Phi) is 8.84. The van der Waals surface area contributed by atoms with Crippen LogP contribution in [0.1, 0.15) is 25.8 Å². The van der Waals surface area contributed by atoms with Crippen LogP contribution in [0.25, 0.3) is 87.6 Å². The summed E-state index contributed by atoms with van der Waals surface area (Å²) in [5, 5.41) is 10.4. The van der Waals surface area contributed by atoms with Gasteiger partial charge in [-0.3, -0.25) is 0 Å². The molecule has 0 aliphatic heterocycles. The maximum absolute atomic E-state index is 2.55. The quantitative estimate of drug-likeness (QED) is 0.137. The monoisotopic (exact) mass is 714 g/mol. The van der Waals surface area contributed by atoms with Gasteiger partial charge in [0.1, 0.15) is 0 Å². The second-order valence-electron chi connectivity index (χ2n) is 15.1. The summed E-state index contributed by atoms with van der Waals surface area (Å²) in [5.74, 6) is 1.15. The number of fused-ring (bicyclic) bond motifs is 4. The zero-order valence-electron chi connectivity index (χ0n) is 31.7. The molecule has 9 rings (SSSR count). The highest BCUT2D eigenvalue weighted by atomic mass is 32.3. The summed E-state index contributed by atoms with van der Waals surface area (Å²) >= 11 is 0. The van der Waals surface area contributed by atoms with E-state index in [-0.39, 0.29) is 0 Å². The zero-order chi connectivity index (χ0) is 36.8. The van der Waals surface area contributed by atoms with Gasteiger partial charge in [-0.2, -0.15) is 0 Å². The van der Waals surface area contributed by atoms with Crippen LogP contribution in [-0.2, 0) is 6.42 Å². The van der Waals surface area contributed by atoms with E-state index in [1.165, 1.54) is 98.1 Å². The van der Waals surface area contributed by atoms with Crippen LogP contribution in [0.4, 0.5) is 0 Å². The second-order valence-corrected chi connectivity index (χ2v) is 19.3. The van der Waals surface area contributed by atoms with Gasteiger partial charge in [-0.05, 0) is 147 Å². The predicted octanol–water partition coefficient (Wildman–Crippen LogP) is 15.4. The molecule has 0 spiro atoms.